The van der Waals surface area contributed by atoms with Crippen molar-refractivity contribution in [3.63, 3.8) is 0 Å². The van der Waals surface area contributed by atoms with Gasteiger partial charge in [0.25, 0.3) is 0 Å². The number of nitrogens with one attached hydrogen (secondary N) is 1. The Bertz CT molecular complexity index is 733. The molecule has 0 aliphatic heterocycles. The van der Waals surface area contributed by atoms with Gasteiger partial charge in [0.15, 0.2) is 0 Å². The van der Waals surface area contributed by atoms with Crippen molar-refractivity contribution in [1.82, 2.24) is 10.3 Å². The van der Waals surface area contributed by atoms with Crippen LogP contribution in [0.3, 0.4) is 0 Å². The molecule has 1 aromatic carbocycles. The third-order valence-electron chi connectivity index (χ3n) is 4.58. The zero-order valence-corrected chi connectivity index (χ0v) is 14.3. The Kier molecular flexibility index (Phi) is 5.16. The van der Waals surface area contributed by atoms with Crippen LogP contribution >= 0.6 is 0 Å². The first-order chi connectivity index (χ1) is 12.1. The Hall–Kier alpha value is -2.63. The number of amides is 1. The van der Waals surface area contributed by atoms with Gasteiger partial charge in [0.05, 0.1) is 19.2 Å². The highest BCUT2D eigenvalue weighted by Gasteiger charge is 2.41. The molecule has 1 fully saturated rings. The van der Waals surface area contributed by atoms with Crippen molar-refractivity contribution in [3.05, 3.63) is 42.3 Å². The molecule has 1 saturated carbocycles. The number of carbonyl (C=O) groups excluding carboxylic acids is 2. The summed E-state index contributed by atoms with van der Waals surface area (Å²) in [5, 5.41) is 2.89. The zero-order valence-electron chi connectivity index (χ0n) is 14.3. The van der Waals surface area contributed by atoms with E-state index in [0.29, 0.717) is 24.4 Å². The fourth-order valence-corrected chi connectivity index (χ4v) is 3.31. The number of esters is 1. The highest BCUT2D eigenvalue weighted by molar-refractivity contribution is 5.88. The summed E-state index contributed by atoms with van der Waals surface area (Å²) >= 11 is 0. The Morgan fingerprint density at radius 2 is 1.92 bits per heavy atom. The first-order valence-electron chi connectivity index (χ1n) is 8.52. The maximum absolute atomic E-state index is 12.5. The maximum Gasteiger partial charge on any atom is 0.331 e. The monoisotopic (exact) mass is 342 g/mol. The number of ether oxygens (including phenoxy) is 1. The standard InChI is InChI=1S/C19H22N2O4/c1-24-18(23)19(10-6-3-7-11-19)21-16(22)12-15-13-25-17(20-15)14-8-4-2-5-9-14/h2,4-5,8-9,13H,3,6-7,10-12H2,1H3,(H,21,22). The number of benzene rings is 1. The number of hydrogen-bond acceptors (Lipinski definition) is 5. The maximum atomic E-state index is 12.5. The smallest absolute Gasteiger partial charge is 0.331 e. The lowest BCUT2D eigenvalue weighted by atomic mass is 9.81. The van der Waals surface area contributed by atoms with Crippen molar-refractivity contribution >= 4 is 11.9 Å². The van der Waals surface area contributed by atoms with Crippen molar-refractivity contribution in [2.24, 2.45) is 0 Å². The van der Waals surface area contributed by atoms with Gasteiger partial charge in [0.2, 0.25) is 11.8 Å². The lowest BCUT2D eigenvalue weighted by Crippen LogP contribution is -2.56. The van der Waals surface area contributed by atoms with Crippen LogP contribution in [-0.4, -0.2) is 29.5 Å². The lowest BCUT2D eigenvalue weighted by Gasteiger charge is -2.35. The van der Waals surface area contributed by atoms with Gasteiger partial charge in [0, 0.05) is 5.56 Å². The molecule has 6 nitrogen and oxygen atoms in total. The summed E-state index contributed by atoms with van der Waals surface area (Å²) in [5.74, 6) is -0.144. The number of rotatable bonds is 5. The van der Waals surface area contributed by atoms with E-state index in [9.17, 15) is 9.59 Å². The zero-order chi connectivity index (χ0) is 17.7. The number of oxazole rings is 1. The molecule has 1 aromatic heterocycles. The van der Waals surface area contributed by atoms with Gasteiger partial charge in [-0.25, -0.2) is 9.78 Å². The molecule has 0 spiro atoms. The van der Waals surface area contributed by atoms with Crippen LogP contribution in [0.15, 0.2) is 41.0 Å². The van der Waals surface area contributed by atoms with Crippen molar-refractivity contribution < 1.29 is 18.7 Å². The highest BCUT2D eigenvalue weighted by atomic mass is 16.5. The molecule has 1 aliphatic carbocycles. The molecule has 1 N–H and O–H groups in total. The molecular formula is C19H22N2O4. The van der Waals surface area contributed by atoms with E-state index in [-0.39, 0.29) is 18.3 Å². The van der Waals surface area contributed by atoms with Crippen LogP contribution in [0.1, 0.15) is 37.8 Å². The first-order valence-corrected chi connectivity index (χ1v) is 8.52. The Labute approximate surface area is 146 Å². The van der Waals surface area contributed by atoms with E-state index in [2.05, 4.69) is 10.3 Å². The summed E-state index contributed by atoms with van der Waals surface area (Å²) in [4.78, 5) is 29.0. The molecule has 0 unspecified atom stereocenters. The molecule has 132 valence electrons. The summed E-state index contributed by atoms with van der Waals surface area (Å²) in [7, 11) is 1.36. The van der Waals surface area contributed by atoms with Gasteiger partial charge in [-0.1, -0.05) is 37.5 Å². The third-order valence-corrected chi connectivity index (χ3v) is 4.58. The van der Waals surface area contributed by atoms with Gasteiger partial charge < -0.3 is 14.5 Å². The van der Waals surface area contributed by atoms with Crippen LogP contribution in [0.5, 0.6) is 0 Å². The minimum absolute atomic E-state index is 0.0646. The first kappa shape index (κ1) is 17.2. The second-order valence-corrected chi connectivity index (χ2v) is 6.37. The minimum atomic E-state index is -0.907. The summed E-state index contributed by atoms with van der Waals surface area (Å²) in [6.07, 6.45) is 5.63. The second-order valence-electron chi connectivity index (χ2n) is 6.37. The predicted octanol–water partition coefficient (Wildman–Crippen LogP) is 2.88. The summed E-state index contributed by atoms with van der Waals surface area (Å²) in [6, 6.07) is 9.50. The average molecular weight is 342 g/mol. The van der Waals surface area contributed by atoms with Crippen LogP contribution in [0, 0.1) is 0 Å². The van der Waals surface area contributed by atoms with E-state index < -0.39 is 5.54 Å². The van der Waals surface area contributed by atoms with Crippen LogP contribution in [-0.2, 0) is 20.7 Å². The predicted molar refractivity (Wildman–Crippen MR) is 91.6 cm³/mol. The fraction of sp³-hybridized carbons (Fsp3) is 0.421. The highest BCUT2D eigenvalue weighted by Crippen LogP contribution is 2.29. The molecule has 1 aliphatic rings. The second kappa shape index (κ2) is 7.51. The van der Waals surface area contributed by atoms with Gasteiger partial charge in [-0.15, -0.1) is 0 Å². The van der Waals surface area contributed by atoms with E-state index in [1.165, 1.54) is 13.4 Å². The van der Waals surface area contributed by atoms with Crippen LogP contribution < -0.4 is 5.32 Å². The SMILES string of the molecule is COC(=O)C1(NC(=O)Cc2coc(-c3ccccc3)n2)CCCCC1. The van der Waals surface area contributed by atoms with Gasteiger partial charge >= 0.3 is 5.97 Å². The van der Waals surface area contributed by atoms with Crippen molar-refractivity contribution in [3.8, 4) is 11.5 Å². The number of hydrogen-bond donors (Lipinski definition) is 1. The van der Waals surface area contributed by atoms with Gasteiger partial charge in [0.1, 0.15) is 11.8 Å². The molecule has 0 radical (unpaired) electrons. The van der Waals surface area contributed by atoms with E-state index >= 15 is 0 Å². The molecule has 6 heteroatoms. The Balaban J connectivity index is 1.67. The Morgan fingerprint density at radius 1 is 1.20 bits per heavy atom. The largest absolute Gasteiger partial charge is 0.467 e. The van der Waals surface area contributed by atoms with E-state index in [4.69, 9.17) is 9.15 Å². The van der Waals surface area contributed by atoms with Crippen LogP contribution in [0.25, 0.3) is 11.5 Å². The number of carbonyl (C=O) groups is 2. The molecule has 1 amide bonds. The molecular weight excluding hydrogens is 320 g/mol. The van der Waals surface area contributed by atoms with E-state index in [1.54, 1.807) is 0 Å². The molecule has 0 bridgehead atoms. The number of nitrogens with zero attached hydrogens (tertiary/aromatic N) is 1. The number of methoxy groups -OCH3 is 1. The topological polar surface area (TPSA) is 81.4 Å². The number of aromatic nitrogens is 1. The normalized spacial score (nSPS) is 16.2. The molecule has 0 saturated heterocycles. The van der Waals surface area contributed by atoms with E-state index in [0.717, 1.165) is 24.8 Å². The van der Waals surface area contributed by atoms with Crippen LogP contribution in [0.2, 0.25) is 0 Å². The summed E-state index contributed by atoms with van der Waals surface area (Å²) < 4.78 is 10.4. The average Bonchev–Trinajstić information content (AvgIpc) is 3.10. The van der Waals surface area contributed by atoms with E-state index in [1.807, 2.05) is 30.3 Å². The molecule has 3 rings (SSSR count). The quantitative estimate of drug-likeness (QED) is 0.845. The Morgan fingerprint density at radius 3 is 2.60 bits per heavy atom. The molecule has 0 atom stereocenters. The van der Waals surface area contributed by atoms with Crippen LogP contribution in [0.4, 0.5) is 0 Å². The molecule has 1 heterocycles. The minimum Gasteiger partial charge on any atom is -0.467 e. The fourth-order valence-electron chi connectivity index (χ4n) is 3.31. The van der Waals surface area contributed by atoms with Gasteiger partial charge in [-0.2, -0.15) is 0 Å². The van der Waals surface area contributed by atoms with Crippen molar-refractivity contribution in [1.29, 1.82) is 0 Å². The summed E-state index contributed by atoms with van der Waals surface area (Å²) in [6.45, 7) is 0. The summed E-state index contributed by atoms with van der Waals surface area (Å²) in [5.41, 5.74) is 0.482. The lowest BCUT2D eigenvalue weighted by molar-refractivity contribution is -0.152. The van der Waals surface area contributed by atoms with Gasteiger partial charge in [-0.05, 0) is 25.0 Å². The molecule has 2 aromatic rings. The third kappa shape index (κ3) is 3.90. The van der Waals surface area contributed by atoms with Crippen molar-refractivity contribution in [2.45, 2.75) is 44.1 Å². The van der Waals surface area contributed by atoms with Crippen molar-refractivity contribution in [2.75, 3.05) is 7.11 Å². The van der Waals surface area contributed by atoms with Gasteiger partial charge in [-0.3, -0.25) is 4.79 Å². The molecule has 25 heavy (non-hydrogen) atoms.